The molecule has 25 heavy (non-hydrogen) atoms. The summed E-state index contributed by atoms with van der Waals surface area (Å²) in [5.74, 6) is 0.378. The number of carbonyl (C=O) groups is 1. The minimum atomic E-state index is -2.69. The van der Waals surface area contributed by atoms with Crippen LogP contribution in [-0.2, 0) is 11.3 Å². The lowest BCUT2D eigenvalue weighted by Gasteiger charge is -2.18. The van der Waals surface area contributed by atoms with E-state index in [1.54, 1.807) is 6.07 Å². The van der Waals surface area contributed by atoms with Gasteiger partial charge in [0.25, 0.3) is 5.91 Å². The Morgan fingerprint density at radius 2 is 2.00 bits per heavy atom. The summed E-state index contributed by atoms with van der Waals surface area (Å²) in [5.41, 5.74) is 0. The average Bonchev–Trinajstić information content (AvgIpc) is 3.07. The maximum absolute atomic E-state index is 12.8. The number of hydrogen-bond acceptors (Lipinski definition) is 3. The highest BCUT2D eigenvalue weighted by Crippen LogP contribution is 2.20. The van der Waals surface area contributed by atoms with E-state index in [1.165, 1.54) is 24.3 Å². The number of halogens is 2. The van der Waals surface area contributed by atoms with Gasteiger partial charge in [0.05, 0.1) is 6.54 Å². The first-order chi connectivity index (χ1) is 12.0. The summed E-state index contributed by atoms with van der Waals surface area (Å²) in [6, 6.07) is 13.4. The third kappa shape index (κ3) is 3.93. The number of ether oxygens (including phenoxy) is 1. The number of benzene rings is 2. The number of nitrogens with zero attached hydrogens (tertiary/aromatic N) is 3. The number of likely N-dealkylation sites (N-methyl/N-ethyl adjacent to an activating group) is 1. The molecule has 3 rings (SSSR count). The van der Waals surface area contributed by atoms with E-state index in [4.69, 9.17) is 4.74 Å². The van der Waals surface area contributed by atoms with Crippen LogP contribution in [0.1, 0.15) is 12.4 Å². The normalized spacial score (nSPS) is 11.0. The van der Waals surface area contributed by atoms with Crippen molar-refractivity contribution in [3.63, 3.8) is 0 Å². The molecular weight excluding hydrogens is 328 g/mol. The lowest BCUT2D eigenvalue weighted by atomic mass is 10.1. The second kappa shape index (κ2) is 7.29. The van der Waals surface area contributed by atoms with Crippen molar-refractivity contribution in [2.75, 3.05) is 13.7 Å². The Hall–Kier alpha value is -2.96. The quantitative estimate of drug-likeness (QED) is 0.687. The molecular formula is C18H17F2N3O2. The summed E-state index contributed by atoms with van der Waals surface area (Å²) < 4.78 is 31.9. The van der Waals surface area contributed by atoms with Gasteiger partial charge in [0, 0.05) is 19.4 Å². The van der Waals surface area contributed by atoms with Gasteiger partial charge < -0.3 is 9.64 Å². The summed E-state index contributed by atoms with van der Waals surface area (Å²) in [4.78, 5) is 17.3. The third-order valence-corrected chi connectivity index (χ3v) is 3.85. The van der Waals surface area contributed by atoms with Crippen molar-refractivity contribution >= 4 is 16.7 Å². The molecule has 0 atom stereocenters. The number of aromatic nitrogens is 2. The highest BCUT2D eigenvalue weighted by atomic mass is 19.3. The van der Waals surface area contributed by atoms with E-state index < -0.39 is 6.55 Å². The number of imidazole rings is 1. The second-order valence-corrected chi connectivity index (χ2v) is 5.58. The van der Waals surface area contributed by atoms with Crippen LogP contribution in [0.25, 0.3) is 10.8 Å². The van der Waals surface area contributed by atoms with Gasteiger partial charge in [-0.2, -0.15) is 8.78 Å². The maximum atomic E-state index is 12.8. The molecule has 0 aliphatic carbocycles. The van der Waals surface area contributed by atoms with Gasteiger partial charge in [-0.05, 0) is 22.9 Å². The molecule has 7 heteroatoms. The van der Waals surface area contributed by atoms with Gasteiger partial charge in [0.1, 0.15) is 11.6 Å². The molecule has 0 aliphatic rings. The van der Waals surface area contributed by atoms with Gasteiger partial charge in [-0.25, -0.2) is 4.98 Å². The first-order valence-corrected chi connectivity index (χ1v) is 7.70. The lowest BCUT2D eigenvalue weighted by Crippen LogP contribution is -2.32. The minimum Gasteiger partial charge on any atom is -0.484 e. The van der Waals surface area contributed by atoms with Crippen LogP contribution in [-0.4, -0.2) is 34.0 Å². The summed E-state index contributed by atoms with van der Waals surface area (Å²) in [6.45, 7) is -2.88. The number of fused-ring (bicyclic) bond motifs is 1. The van der Waals surface area contributed by atoms with Crippen molar-refractivity contribution < 1.29 is 18.3 Å². The molecule has 1 aromatic heterocycles. The SMILES string of the molecule is CN(Cc1nccn1C(F)F)C(=O)COc1ccc2ccccc2c1. The number of alkyl halides is 2. The van der Waals surface area contributed by atoms with E-state index in [9.17, 15) is 13.6 Å². The summed E-state index contributed by atoms with van der Waals surface area (Å²) in [7, 11) is 1.52. The molecule has 2 aromatic carbocycles. The van der Waals surface area contributed by atoms with Crippen LogP contribution in [0.4, 0.5) is 8.78 Å². The van der Waals surface area contributed by atoms with Crippen molar-refractivity contribution in [3.8, 4) is 5.75 Å². The molecule has 0 fully saturated rings. The zero-order valence-electron chi connectivity index (χ0n) is 13.6. The summed E-state index contributed by atoms with van der Waals surface area (Å²) in [5, 5.41) is 2.09. The molecule has 1 amide bonds. The molecule has 0 bridgehead atoms. The van der Waals surface area contributed by atoms with Gasteiger partial charge in [-0.15, -0.1) is 0 Å². The fourth-order valence-corrected chi connectivity index (χ4v) is 2.46. The Balaban J connectivity index is 1.60. The Bertz CT molecular complexity index is 879. The lowest BCUT2D eigenvalue weighted by molar-refractivity contribution is -0.132. The number of amides is 1. The monoisotopic (exact) mass is 345 g/mol. The molecule has 0 spiro atoms. The van der Waals surface area contributed by atoms with E-state index in [2.05, 4.69) is 4.98 Å². The topological polar surface area (TPSA) is 47.4 Å². The zero-order chi connectivity index (χ0) is 17.8. The van der Waals surface area contributed by atoms with Crippen LogP contribution in [0.5, 0.6) is 5.75 Å². The average molecular weight is 345 g/mol. The summed E-state index contributed by atoms with van der Waals surface area (Å²) >= 11 is 0. The van der Waals surface area contributed by atoms with Gasteiger partial charge in [0.15, 0.2) is 6.61 Å². The Labute approximate surface area is 143 Å². The Kier molecular flexibility index (Phi) is 4.92. The predicted molar refractivity (Wildman–Crippen MR) is 89.4 cm³/mol. The molecule has 1 heterocycles. The third-order valence-electron chi connectivity index (χ3n) is 3.85. The smallest absolute Gasteiger partial charge is 0.319 e. The van der Waals surface area contributed by atoms with Gasteiger partial charge in [-0.3, -0.25) is 9.36 Å². The van der Waals surface area contributed by atoms with E-state index in [-0.39, 0.29) is 24.9 Å². The highest BCUT2D eigenvalue weighted by molar-refractivity contribution is 5.84. The summed E-state index contributed by atoms with van der Waals surface area (Å²) in [6.07, 6.45) is 2.47. The van der Waals surface area contributed by atoms with Gasteiger partial charge >= 0.3 is 6.55 Å². The number of carbonyl (C=O) groups excluding carboxylic acids is 1. The van der Waals surface area contributed by atoms with Gasteiger partial charge in [0.2, 0.25) is 0 Å². The maximum Gasteiger partial charge on any atom is 0.319 e. The van der Waals surface area contributed by atoms with Crippen molar-refractivity contribution in [1.29, 1.82) is 0 Å². The predicted octanol–water partition coefficient (Wildman–Crippen LogP) is 3.47. The van der Waals surface area contributed by atoms with E-state index in [0.29, 0.717) is 5.75 Å². The van der Waals surface area contributed by atoms with Crippen LogP contribution >= 0.6 is 0 Å². The molecule has 0 saturated heterocycles. The standard InChI is InChI=1S/C18H17F2N3O2/c1-22(11-16-21-8-9-23(16)18(19)20)17(24)12-25-15-7-6-13-4-2-3-5-14(13)10-15/h2-10,18H,11-12H2,1H3. The molecule has 0 aliphatic heterocycles. The molecule has 0 unspecified atom stereocenters. The number of hydrogen-bond donors (Lipinski definition) is 0. The largest absolute Gasteiger partial charge is 0.484 e. The number of rotatable bonds is 6. The highest BCUT2D eigenvalue weighted by Gasteiger charge is 2.16. The molecule has 130 valence electrons. The van der Waals surface area contributed by atoms with Crippen LogP contribution < -0.4 is 4.74 Å². The van der Waals surface area contributed by atoms with Crippen molar-refractivity contribution in [2.45, 2.75) is 13.1 Å². The molecule has 0 N–H and O–H groups in total. The van der Waals surface area contributed by atoms with E-state index in [0.717, 1.165) is 15.3 Å². The van der Waals surface area contributed by atoms with E-state index >= 15 is 0 Å². The van der Waals surface area contributed by atoms with Crippen molar-refractivity contribution in [3.05, 3.63) is 60.7 Å². The fraction of sp³-hybridized carbons (Fsp3) is 0.222. The molecule has 3 aromatic rings. The first kappa shape index (κ1) is 16.9. The first-order valence-electron chi connectivity index (χ1n) is 7.70. The van der Waals surface area contributed by atoms with Crippen LogP contribution in [0.2, 0.25) is 0 Å². The molecule has 0 radical (unpaired) electrons. The Morgan fingerprint density at radius 3 is 2.76 bits per heavy atom. The van der Waals surface area contributed by atoms with Crippen LogP contribution in [0, 0.1) is 0 Å². The minimum absolute atomic E-state index is 0.0166. The van der Waals surface area contributed by atoms with E-state index in [1.807, 2.05) is 36.4 Å². The van der Waals surface area contributed by atoms with Crippen molar-refractivity contribution in [2.24, 2.45) is 0 Å². The second-order valence-electron chi connectivity index (χ2n) is 5.58. The van der Waals surface area contributed by atoms with Crippen LogP contribution in [0.15, 0.2) is 54.9 Å². The molecule has 5 nitrogen and oxygen atoms in total. The Morgan fingerprint density at radius 1 is 1.24 bits per heavy atom. The fourth-order valence-electron chi connectivity index (χ4n) is 2.46. The van der Waals surface area contributed by atoms with Crippen LogP contribution in [0.3, 0.4) is 0 Å². The zero-order valence-corrected chi connectivity index (χ0v) is 13.6. The van der Waals surface area contributed by atoms with Gasteiger partial charge in [-0.1, -0.05) is 30.3 Å². The molecule has 0 saturated carbocycles. The van der Waals surface area contributed by atoms with Crippen molar-refractivity contribution in [1.82, 2.24) is 14.5 Å².